The predicted molar refractivity (Wildman–Crippen MR) is 94.1 cm³/mol. The summed E-state index contributed by atoms with van der Waals surface area (Å²) in [6.07, 6.45) is -3.09. The third-order valence-corrected chi connectivity index (χ3v) is 6.02. The molecule has 0 aliphatic carbocycles. The largest absolute Gasteiger partial charge is 0.444 e. The van der Waals surface area contributed by atoms with Gasteiger partial charge in [-0.2, -0.15) is 13.2 Å². The highest BCUT2D eigenvalue weighted by molar-refractivity contribution is 7.91. The fourth-order valence-electron chi connectivity index (χ4n) is 2.94. The first-order chi connectivity index (χ1) is 12.3. The predicted octanol–water partition coefficient (Wildman–Crippen LogP) is 4.27. The molecule has 0 spiro atoms. The number of benzene rings is 1. The second kappa shape index (κ2) is 7.69. The Morgan fingerprint density at radius 1 is 1.15 bits per heavy atom. The number of halogens is 3. The number of amides is 1. The third-order valence-electron chi connectivity index (χ3n) is 4.21. The maximum absolute atomic E-state index is 12.7. The van der Waals surface area contributed by atoms with Crippen molar-refractivity contribution < 1.29 is 31.1 Å². The van der Waals surface area contributed by atoms with Gasteiger partial charge in [0.05, 0.1) is 16.2 Å². The summed E-state index contributed by atoms with van der Waals surface area (Å²) in [7, 11) is -3.85. The van der Waals surface area contributed by atoms with Crippen LogP contribution < -0.4 is 0 Å². The van der Waals surface area contributed by atoms with Gasteiger partial charge in [0.25, 0.3) is 0 Å². The topological polar surface area (TPSA) is 63.7 Å². The van der Waals surface area contributed by atoms with Crippen LogP contribution in [0.1, 0.15) is 45.6 Å². The van der Waals surface area contributed by atoms with Crippen molar-refractivity contribution in [3.63, 3.8) is 0 Å². The van der Waals surface area contributed by atoms with Gasteiger partial charge in [-0.25, -0.2) is 13.2 Å². The zero-order valence-corrected chi connectivity index (χ0v) is 16.4. The minimum absolute atomic E-state index is 0.190. The van der Waals surface area contributed by atoms with Gasteiger partial charge < -0.3 is 9.64 Å². The molecule has 1 saturated heterocycles. The van der Waals surface area contributed by atoms with Gasteiger partial charge in [-0.15, -0.1) is 0 Å². The van der Waals surface area contributed by atoms with Crippen LogP contribution in [-0.2, 0) is 20.8 Å². The van der Waals surface area contributed by atoms with E-state index in [4.69, 9.17) is 4.74 Å². The van der Waals surface area contributed by atoms with E-state index in [2.05, 4.69) is 0 Å². The molecule has 1 aliphatic rings. The molecule has 0 bridgehead atoms. The van der Waals surface area contributed by atoms with Crippen molar-refractivity contribution in [3.8, 4) is 0 Å². The molecule has 1 unspecified atom stereocenters. The van der Waals surface area contributed by atoms with Crippen molar-refractivity contribution in [2.24, 2.45) is 0 Å². The van der Waals surface area contributed by atoms with Crippen LogP contribution in [0.3, 0.4) is 0 Å². The van der Waals surface area contributed by atoms with E-state index in [1.54, 1.807) is 20.8 Å². The summed E-state index contributed by atoms with van der Waals surface area (Å²) in [5.74, 6) is -0.350. The zero-order chi connectivity index (χ0) is 20.5. The van der Waals surface area contributed by atoms with E-state index in [1.165, 1.54) is 4.90 Å². The first-order valence-electron chi connectivity index (χ1n) is 8.69. The summed E-state index contributed by atoms with van der Waals surface area (Å²) in [6, 6.07) is 2.84. The van der Waals surface area contributed by atoms with Crippen LogP contribution in [0.25, 0.3) is 0 Å². The minimum atomic E-state index is -4.53. The number of alkyl halides is 3. The lowest BCUT2D eigenvalue weighted by Crippen LogP contribution is -2.48. The first kappa shape index (κ1) is 21.5. The Labute approximate surface area is 157 Å². The Balaban J connectivity index is 2.17. The number of hydrogen-bond acceptors (Lipinski definition) is 4. The summed E-state index contributed by atoms with van der Waals surface area (Å²) in [5, 5.41) is 0. The highest BCUT2D eigenvalue weighted by Gasteiger charge is 2.35. The molecule has 0 aromatic heterocycles. The van der Waals surface area contributed by atoms with Gasteiger partial charge in [0.1, 0.15) is 5.60 Å². The monoisotopic (exact) mass is 407 g/mol. The molecular weight excluding hydrogens is 383 g/mol. The number of sulfone groups is 1. The number of hydrogen-bond donors (Lipinski definition) is 0. The van der Waals surface area contributed by atoms with Crippen LogP contribution >= 0.6 is 0 Å². The molecule has 152 valence electrons. The lowest BCUT2D eigenvalue weighted by Gasteiger charge is -2.36. The summed E-state index contributed by atoms with van der Waals surface area (Å²) >= 11 is 0. The Morgan fingerprint density at radius 3 is 2.26 bits per heavy atom. The third kappa shape index (κ3) is 5.85. The smallest absolute Gasteiger partial charge is 0.416 e. The van der Waals surface area contributed by atoms with Crippen molar-refractivity contribution in [3.05, 3.63) is 29.8 Å². The van der Waals surface area contributed by atoms with Crippen molar-refractivity contribution in [1.29, 1.82) is 0 Å². The van der Waals surface area contributed by atoms with E-state index < -0.39 is 39.3 Å². The maximum Gasteiger partial charge on any atom is 0.416 e. The maximum atomic E-state index is 12.7. The van der Waals surface area contributed by atoms with Crippen molar-refractivity contribution in [1.82, 2.24) is 4.90 Å². The van der Waals surface area contributed by atoms with E-state index in [-0.39, 0.29) is 10.6 Å². The van der Waals surface area contributed by atoms with Crippen molar-refractivity contribution in [2.45, 2.75) is 62.7 Å². The molecule has 1 fully saturated rings. The van der Waals surface area contributed by atoms with E-state index in [1.807, 2.05) is 0 Å². The number of ether oxygens (including phenoxy) is 1. The van der Waals surface area contributed by atoms with Crippen molar-refractivity contribution in [2.75, 3.05) is 12.3 Å². The normalized spacial score (nSPS) is 19.0. The highest BCUT2D eigenvalue weighted by atomic mass is 32.2. The summed E-state index contributed by atoms with van der Waals surface area (Å²) in [4.78, 5) is 13.6. The lowest BCUT2D eigenvalue weighted by molar-refractivity contribution is -0.137. The Hall–Kier alpha value is -1.77. The fraction of sp³-hybridized carbons (Fsp3) is 0.611. The SMILES string of the molecule is CC(C)(C)OC(=O)N1CCCCC1CS(=O)(=O)c1ccc(C(F)(F)F)cc1. The standard InChI is InChI=1S/C18H24F3NO4S/c1-17(2,3)26-16(23)22-11-5-4-6-14(22)12-27(24,25)15-9-7-13(8-10-15)18(19,20)21/h7-10,14H,4-6,11-12H2,1-3H3. The molecule has 1 amide bonds. The van der Waals surface area contributed by atoms with Gasteiger partial charge in [-0.3, -0.25) is 0 Å². The van der Waals surface area contributed by atoms with Crippen LogP contribution in [0.2, 0.25) is 0 Å². The molecule has 0 radical (unpaired) electrons. The number of carbonyl (C=O) groups excluding carboxylic acids is 1. The number of rotatable bonds is 3. The molecule has 0 saturated carbocycles. The Morgan fingerprint density at radius 2 is 1.74 bits per heavy atom. The second-order valence-corrected chi connectivity index (χ2v) is 9.66. The summed E-state index contributed by atoms with van der Waals surface area (Å²) in [6.45, 7) is 5.57. The first-order valence-corrected chi connectivity index (χ1v) is 10.3. The van der Waals surface area contributed by atoms with Crippen LogP contribution in [0, 0.1) is 0 Å². The number of carbonyl (C=O) groups is 1. The van der Waals surface area contributed by atoms with E-state index >= 15 is 0 Å². The fourth-order valence-corrected chi connectivity index (χ4v) is 4.53. The highest BCUT2D eigenvalue weighted by Crippen LogP contribution is 2.30. The van der Waals surface area contributed by atoms with E-state index in [0.717, 1.165) is 37.1 Å². The molecule has 9 heteroatoms. The van der Waals surface area contributed by atoms with Gasteiger partial charge in [0.15, 0.2) is 9.84 Å². The van der Waals surface area contributed by atoms with Gasteiger partial charge in [-0.1, -0.05) is 0 Å². The van der Waals surface area contributed by atoms with Crippen LogP contribution in [0.4, 0.5) is 18.0 Å². The van der Waals surface area contributed by atoms with E-state index in [9.17, 15) is 26.4 Å². The molecule has 27 heavy (non-hydrogen) atoms. The Bertz CT molecular complexity index is 767. The number of piperidine rings is 1. The van der Waals surface area contributed by atoms with Crippen molar-refractivity contribution >= 4 is 15.9 Å². The van der Waals surface area contributed by atoms with Gasteiger partial charge in [0, 0.05) is 12.6 Å². The van der Waals surface area contributed by atoms with Crippen LogP contribution in [0.5, 0.6) is 0 Å². The minimum Gasteiger partial charge on any atom is -0.444 e. The molecule has 0 N–H and O–H groups in total. The average Bonchev–Trinajstić information content (AvgIpc) is 2.52. The Kier molecular flexibility index (Phi) is 6.13. The summed E-state index contributed by atoms with van der Waals surface area (Å²) < 4.78 is 68.6. The van der Waals surface area contributed by atoms with Gasteiger partial charge >= 0.3 is 12.3 Å². The van der Waals surface area contributed by atoms with E-state index in [0.29, 0.717) is 13.0 Å². The molecule has 1 aliphatic heterocycles. The number of nitrogens with zero attached hydrogens (tertiary/aromatic N) is 1. The van der Waals surface area contributed by atoms with Crippen LogP contribution in [0.15, 0.2) is 29.2 Å². The zero-order valence-electron chi connectivity index (χ0n) is 15.5. The molecule has 1 aromatic carbocycles. The molecule has 1 aromatic rings. The quantitative estimate of drug-likeness (QED) is 0.751. The molecular formula is C18H24F3NO4S. The summed E-state index contributed by atoms with van der Waals surface area (Å²) in [5.41, 5.74) is -1.61. The molecule has 1 atom stereocenters. The average molecular weight is 407 g/mol. The van der Waals surface area contributed by atoms with Gasteiger partial charge in [-0.05, 0) is 64.3 Å². The van der Waals surface area contributed by atoms with Gasteiger partial charge in [0.2, 0.25) is 0 Å². The molecule has 5 nitrogen and oxygen atoms in total. The number of likely N-dealkylation sites (tertiary alicyclic amines) is 1. The molecule has 2 rings (SSSR count). The lowest BCUT2D eigenvalue weighted by atomic mass is 10.0. The second-order valence-electron chi connectivity index (χ2n) is 7.63. The molecule has 1 heterocycles. The van der Waals surface area contributed by atoms with Crippen LogP contribution in [-0.4, -0.2) is 43.4 Å².